The van der Waals surface area contributed by atoms with Crippen molar-refractivity contribution in [1.29, 1.82) is 0 Å². The number of benzene rings is 2. The lowest BCUT2D eigenvalue weighted by molar-refractivity contribution is -0.116. The molecule has 1 fully saturated rings. The Kier molecular flexibility index (Phi) is 11.8. The number of rotatable bonds is 15. The van der Waals surface area contributed by atoms with Crippen LogP contribution in [0.15, 0.2) is 65.9 Å². The van der Waals surface area contributed by atoms with Crippen LogP contribution in [0.2, 0.25) is 0 Å². The molecule has 1 saturated heterocycles. The average Bonchev–Trinajstić information content (AvgIpc) is 3.87. The van der Waals surface area contributed by atoms with E-state index in [1.165, 1.54) is 7.11 Å². The summed E-state index contributed by atoms with van der Waals surface area (Å²) in [6, 6.07) is 14.4. The van der Waals surface area contributed by atoms with Crippen LogP contribution in [0.4, 0.5) is 17.1 Å². The molecule has 0 spiro atoms. The second-order valence-electron chi connectivity index (χ2n) is 13.7. The lowest BCUT2D eigenvalue weighted by Crippen LogP contribution is -2.35. The van der Waals surface area contributed by atoms with Crippen LogP contribution in [0.3, 0.4) is 0 Å². The number of anilines is 2. The Hall–Kier alpha value is -5.89. The van der Waals surface area contributed by atoms with Crippen LogP contribution in [0.1, 0.15) is 70.9 Å². The van der Waals surface area contributed by atoms with E-state index in [1.54, 1.807) is 65.8 Å². The number of carbonyl (C=O) groups is 4. The van der Waals surface area contributed by atoms with Gasteiger partial charge in [-0.05, 0) is 55.2 Å². The van der Waals surface area contributed by atoms with Crippen molar-refractivity contribution in [2.45, 2.75) is 51.6 Å². The number of ether oxygens (including phenoxy) is 3. The van der Waals surface area contributed by atoms with Gasteiger partial charge in [-0.1, -0.05) is 26.0 Å². The van der Waals surface area contributed by atoms with Crippen molar-refractivity contribution in [3.05, 3.63) is 77.9 Å². The molecule has 2 aliphatic rings. The second kappa shape index (κ2) is 16.8. The number of carbonyl (C=O) groups excluding carboxylic acids is 4. The highest BCUT2D eigenvalue weighted by atomic mass is 16.5. The van der Waals surface area contributed by atoms with Crippen LogP contribution in [0.25, 0.3) is 11.1 Å². The lowest BCUT2D eigenvalue weighted by Gasteiger charge is -2.20. The summed E-state index contributed by atoms with van der Waals surface area (Å²) in [6.07, 6.45) is 7.82. The van der Waals surface area contributed by atoms with Gasteiger partial charge < -0.3 is 44.2 Å². The molecule has 1 atom stereocenters. The fraction of sp³-hybridized carbons (Fsp3) is 0.375. The third-order valence-corrected chi connectivity index (χ3v) is 9.36. The Morgan fingerprint density at radius 3 is 2.44 bits per heavy atom. The molecule has 4 heterocycles. The number of nitrogens with one attached hydrogen (secondary N) is 3. The molecular formula is C40H47N7O7. The summed E-state index contributed by atoms with van der Waals surface area (Å²) in [6.45, 7) is 5.88. The third kappa shape index (κ3) is 8.83. The molecular weight excluding hydrogens is 690 g/mol. The van der Waals surface area contributed by atoms with E-state index in [0.29, 0.717) is 71.1 Å². The summed E-state index contributed by atoms with van der Waals surface area (Å²) in [5.41, 5.74) is 4.64. The van der Waals surface area contributed by atoms with E-state index >= 15 is 0 Å². The summed E-state index contributed by atoms with van der Waals surface area (Å²) >= 11 is 0. The highest BCUT2D eigenvalue weighted by Gasteiger charge is 2.32. The zero-order valence-corrected chi connectivity index (χ0v) is 31.3. The first-order valence-electron chi connectivity index (χ1n) is 18.2. The minimum atomic E-state index is -0.390. The summed E-state index contributed by atoms with van der Waals surface area (Å²) in [5.74, 6) is -0.129. The van der Waals surface area contributed by atoms with E-state index in [4.69, 9.17) is 14.2 Å². The summed E-state index contributed by atoms with van der Waals surface area (Å²) < 4.78 is 20.3. The van der Waals surface area contributed by atoms with E-state index in [0.717, 1.165) is 24.0 Å². The number of hydrogen-bond acceptors (Lipinski definition) is 9. The summed E-state index contributed by atoms with van der Waals surface area (Å²) in [7, 11) is 5.05. The van der Waals surface area contributed by atoms with Gasteiger partial charge in [0.2, 0.25) is 5.91 Å². The number of methoxy groups -OCH3 is 1. The molecule has 2 aromatic heterocycles. The zero-order valence-electron chi connectivity index (χ0n) is 31.3. The van der Waals surface area contributed by atoms with Crippen molar-refractivity contribution in [1.82, 2.24) is 19.4 Å². The minimum absolute atomic E-state index is 0.00507. The van der Waals surface area contributed by atoms with Crippen LogP contribution in [0.5, 0.6) is 11.5 Å². The Balaban J connectivity index is 0.978. The van der Waals surface area contributed by atoms with Gasteiger partial charge in [0.1, 0.15) is 18.0 Å². The fourth-order valence-electron chi connectivity index (χ4n) is 6.55. The number of nitrogens with zero attached hydrogens (tertiary/aromatic N) is 4. The van der Waals surface area contributed by atoms with Gasteiger partial charge in [0.15, 0.2) is 11.5 Å². The predicted octanol–water partition coefficient (Wildman–Crippen LogP) is 5.56. The van der Waals surface area contributed by atoms with Crippen molar-refractivity contribution in [3.63, 3.8) is 0 Å². The molecule has 6 rings (SSSR count). The average molecular weight is 738 g/mol. The standard InChI is InChI=1S/C40H47N7O7/c1-25(2)41-14-17-54-40(51)34-18-27(23-45(34)3)26-10-12-28(13-11-26)44-38(49)33-19-29(24-46(33)4)43-37(48)9-7-16-53-36-21-32-31(20-35(36)52-5)39(50)47-15-6-8-30(47)22-42-32/h10-13,18-25,30,41H,6-9,14-17H2,1-5H3,(H,43,48)(H,44,49)/t30-/m1/s1. The Morgan fingerprint density at radius 1 is 0.907 bits per heavy atom. The number of esters is 1. The van der Waals surface area contributed by atoms with E-state index in [1.807, 2.05) is 43.3 Å². The fourth-order valence-corrected chi connectivity index (χ4v) is 6.55. The van der Waals surface area contributed by atoms with Crippen LogP contribution < -0.4 is 25.4 Å². The third-order valence-electron chi connectivity index (χ3n) is 9.36. The van der Waals surface area contributed by atoms with Crippen LogP contribution in [0, 0.1) is 0 Å². The highest BCUT2D eigenvalue weighted by molar-refractivity contribution is 6.05. The molecule has 14 nitrogen and oxygen atoms in total. The van der Waals surface area contributed by atoms with Crippen molar-refractivity contribution in [2.75, 3.05) is 44.0 Å². The van der Waals surface area contributed by atoms with E-state index in [-0.39, 0.29) is 49.4 Å². The van der Waals surface area contributed by atoms with Gasteiger partial charge in [-0.15, -0.1) is 0 Å². The molecule has 284 valence electrons. The summed E-state index contributed by atoms with van der Waals surface area (Å²) in [4.78, 5) is 58.1. The number of amides is 3. The van der Waals surface area contributed by atoms with Gasteiger partial charge in [-0.2, -0.15) is 0 Å². The second-order valence-corrected chi connectivity index (χ2v) is 13.7. The number of fused-ring (bicyclic) bond motifs is 2. The van der Waals surface area contributed by atoms with Gasteiger partial charge in [-0.3, -0.25) is 19.4 Å². The maximum atomic E-state index is 13.2. The highest BCUT2D eigenvalue weighted by Crippen LogP contribution is 2.38. The molecule has 2 aromatic carbocycles. The zero-order chi connectivity index (χ0) is 38.4. The van der Waals surface area contributed by atoms with E-state index in [9.17, 15) is 19.2 Å². The number of hydrogen-bond donors (Lipinski definition) is 3. The van der Waals surface area contributed by atoms with Crippen molar-refractivity contribution < 1.29 is 33.4 Å². The minimum Gasteiger partial charge on any atom is -0.493 e. The van der Waals surface area contributed by atoms with Gasteiger partial charge >= 0.3 is 5.97 Å². The maximum absolute atomic E-state index is 13.2. The van der Waals surface area contributed by atoms with Gasteiger partial charge in [-0.25, -0.2) is 4.79 Å². The monoisotopic (exact) mass is 737 g/mol. The Morgan fingerprint density at radius 2 is 1.69 bits per heavy atom. The molecule has 2 aliphatic heterocycles. The Labute approximate surface area is 314 Å². The topological polar surface area (TPSA) is 158 Å². The molecule has 0 aliphatic carbocycles. The lowest BCUT2D eigenvalue weighted by atomic mass is 10.1. The first kappa shape index (κ1) is 37.9. The molecule has 14 heteroatoms. The van der Waals surface area contributed by atoms with Crippen LogP contribution in [-0.2, 0) is 23.6 Å². The van der Waals surface area contributed by atoms with E-state index in [2.05, 4.69) is 20.9 Å². The summed E-state index contributed by atoms with van der Waals surface area (Å²) in [5, 5.41) is 8.97. The number of aliphatic imine (C=N–C) groups is 1. The number of aryl methyl sites for hydroxylation is 2. The molecule has 54 heavy (non-hydrogen) atoms. The number of aromatic nitrogens is 2. The van der Waals surface area contributed by atoms with Gasteiger partial charge in [0.25, 0.3) is 11.8 Å². The molecule has 0 unspecified atom stereocenters. The quantitative estimate of drug-likeness (QED) is 0.106. The smallest absolute Gasteiger partial charge is 0.355 e. The van der Waals surface area contributed by atoms with E-state index < -0.39 is 0 Å². The largest absolute Gasteiger partial charge is 0.493 e. The maximum Gasteiger partial charge on any atom is 0.355 e. The van der Waals surface area contributed by atoms with Gasteiger partial charge in [0.05, 0.1) is 36.7 Å². The van der Waals surface area contributed by atoms with Crippen molar-refractivity contribution >= 4 is 47.0 Å². The SMILES string of the molecule is COc1cc2c(cc1OCCCC(=O)Nc1cc(C(=O)Nc3ccc(-c4cc(C(=O)OCCNC(C)C)n(C)c4)cc3)n(C)c1)N=C[C@H]1CCCN1C2=O. The van der Waals surface area contributed by atoms with Gasteiger partial charge in [0, 0.05) is 75.6 Å². The molecule has 0 radical (unpaired) electrons. The van der Waals surface area contributed by atoms with Crippen molar-refractivity contribution in [2.24, 2.45) is 19.1 Å². The van der Waals surface area contributed by atoms with Crippen LogP contribution >= 0.6 is 0 Å². The molecule has 4 aromatic rings. The molecule has 3 N–H and O–H groups in total. The van der Waals surface area contributed by atoms with Crippen LogP contribution in [-0.4, -0.2) is 89.4 Å². The molecule has 3 amide bonds. The molecule has 0 bridgehead atoms. The van der Waals surface area contributed by atoms with Crippen molar-refractivity contribution in [3.8, 4) is 22.6 Å². The first-order chi connectivity index (χ1) is 26.0. The first-order valence-corrected chi connectivity index (χ1v) is 18.2. The predicted molar refractivity (Wildman–Crippen MR) is 206 cm³/mol. The Bertz CT molecular complexity index is 2050. The normalized spacial score (nSPS) is 14.7. The molecule has 0 saturated carbocycles.